The third-order valence-electron chi connectivity index (χ3n) is 7.28. The number of aromatic nitrogens is 1. The van der Waals surface area contributed by atoms with Crippen LogP contribution in [0.15, 0.2) is 24.3 Å². The number of nitrogens with zero attached hydrogens (tertiary/aromatic N) is 2. The zero-order chi connectivity index (χ0) is 24.0. The van der Waals surface area contributed by atoms with Gasteiger partial charge in [0.15, 0.2) is 0 Å². The summed E-state index contributed by atoms with van der Waals surface area (Å²) in [5, 5.41) is 13.2. The van der Waals surface area contributed by atoms with Gasteiger partial charge in [-0.1, -0.05) is 18.2 Å². The van der Waals surface area contributed by atoms with Crippen LogP contribution < -0.4 is 5.32 Å². The smallest absolute Gasteiger partial charge is 0.323 e. The lowest BCUT2D eigenvalue weighted by molar-refractivity contribution is -0.163. The van der Waals surface area contributed by atoms with Gasteiger partial charge in [0.05, 0.1) is 19.6 Å². The van der Waals surface area contributed by atoms with Gasteiger partial charge < -0.3 is 29.9 Å². The number of carboxylic acid groups (broad SMARTS) is 1. The summed E-state index contributed by atoms with van der Waals surface area (Å²) in [5.41, 5.74) is 2.89. The van der Waals surface area contributed by atoms with Crippen molar-refractivity contribution in [2.75, 3.05) is 20.2 Å². The molecule has 180 valence electrons. The molecular weight excluding hydrogens is 440 g/mol. The number of carboxylic acids is 1. The summed E-state index contributed by atoms with van der Waals surface area (Å²) >= 11 is 0. The molecule has 10 nitrogen and oxygen atoms in total. The van der Waals surface area contributed by atoms with Crippen LogP contribution >= 0.6 is 0 Å². The standard InChI is InChI=1S/C24H28N4O6/c1-34-24(33)16(12-20(29)30)25-9-8-17-21-14(13-5-2-3-6-15(13)26-21)11-19-22(31)27-10-4-7-18(27)23(32)28(17)19/h2-3,5-6,16-19,25-26H,4,7-12H2,1H3,(H,29,30)/t16-,17+,18+,19+/m1/s1. The number of methoxy groups -OCH3 is 1. The van der Waals surface area contributed by atoms with Crippen LogP contribution in [0.2, 0.25) is 0 Å². The van der Waals surface area contributed by atoms with E-state index in [0.29, 0.717) is 25.8 Å². The summed E-state index contributed by atoms with van der Waals surface area (Å²) in [6.07, 6.45) is 1.95. The van der Waals surface area contributed by atoms with Gasteiger partial charge in [-0.05, 0) is 37.4 Å². The maximum atomic E-state index is 13.6. The van der Waals surface area contributed by atoms with Crippen molar-refractivity contribution in [3.63, 3.8) is 0 Å². The third kappa shape index (κ3) is 3.62. The van der Waals surface area contributed by atoms with Crippen molar-refractivity contribution in [2.24, 2.45) is 0 Å². The number of ether oxygens (including phenoxy) is 1. The van der Waals surface area contributed by atoms with Crippen molar-refractivity contribution < 1.29 is 29.0 Å². The van der Waals surface area contributed by atoms with Gasteiger partial charge in [0, 0.05) is 29.6 Å². The molecule has 2 fully saturated rings. The molecule has 3 N–H and O–H groups in total. The Bertz CT molecular complexity index is 1160. The number of aliphatic carboxylic acids is 1. The van der Waals surface area contributed by atoms with E-state index in [1.165, 1.54) is 7.11 Å². The van der Waals surface area contributed by atoms with E-state index < -0.39 is 42.5 Å². The first-order chi connectivity index (χ1) is 16.4. The fraction of sp³-hybridized carbons (Fsp3) is 0.500. The molecule has 1 aromatic carbocycles. The van der Waals surface area contributed by atoms with Crippen molar-refractivity contribution >= 4 is 34.7 Å². The van der Waals surface area contributed by atoms with Crippen LogP contribution in [-0.4, -0.2) is 82.0 Å². The van der Waals surface area contributed by atoms with E-state index in [9.17, 15) is 19.2 Å². The molecule has 0 unspecified atom stereocenters. The zero-order valence-electron chi connectivity index (χ0n) is 19.0. The molecule has 4 atom stereocenters. The Morgan fingerprint density at radius 3 is 2.79 bits per heavy atom. The van der Waals surface area contributed by atoms with Crippen LogP contribution in [0.1, 0.15) is 43.0 Å². The van der Waals surface area contributed by atoms with E-state index in [0.717, 1.165) is 28.6 Å². The number of fused-ring (bicyclic) bond motifs is 5. The molecule has 34 heavy (non-hydrogen) atoms. The minimum atomic E-state index is -1.11. The molecule has 3 aliphatic heterocycles. The van der Waals surface area contributed by atoms with Crippen LogP contribution in [0, 0.1) is 0 Å². The lowest BCUT2D eigenvalue weighted by atomic mass is 9.86. The summed E-state index contributed by atoms with van der Waals surface area (Å²) in [7, 11) is 1.21. The molecule has 1 aromatic heterocycles. The molecule has 4 heterocycles. The Morgan fingerprint density at radius 2 is 2.03 bits per heavy atom. The monoisotopic (exact) mass is 468 g/mol. The van der Waals surface area contributed by atoms with Crippen LogP contribution in [0.4, 0.5) is 0 Å². The SMILES string of the molecule is COC(=O)[C@@H](CC(=O)O)NCC[C@H]1c2[nH]c3ccccc3c2C[C@H]2C(=O)N3CCC[C@H]3C(=O)N21. The first kappa shape index (κ1) is 22.4. The van der Waals surface area contributed by atoms with Gasteiger partial charge in [0.25, 0.3) is 0 Å². The predicted molar refractivity (Wildman–Crippen MR) is 121 cm³/mol. The second kappa shape index (κ2) is 8.75. The van der Waals surface area contributed by atoms with E-state index in [4.69, 9.17) is 9.84 Å². The highest BCUT2D eigenvalue weighted by Crippen LogP contribution is 2.43. The highest BCUT2D eigenvalue weighted by atomic mass is 16.5. The molecule has 0 aliphatic carbocycles. The maximum absolute atomic E-state index is 13.6. The normalized spacial score (nSPS) is 24.6. The molecule has 10 heteroatoms. The highest BCUT2D eigenvalue weighted by Gasteiger charge is 2.52. The number of hydrogen-bond donors (Lipinski definition) is 3. The van der Waals surface area contributed by atoms with Crippen LogP contribution in [0.5, 0.6) is 0 Å². The molecule has 0 bridgehead atoms. The number of H-pyrrole nitrogens is 1. The minimum Gasteiger partial charge on any atom is -0.481 e. The quantitative estimate of drug-likeness (QED) is 0.516. The molecule has 0 radical (unpaired) electrons. The fourth-order valence-corrected chi connectivity index (χ4v) is 5.77. The van der Waals surface area contributed by atoms with E-state index in [1.807, 2.05) is 24.3 Å². The average Bonchev–Trinajstić information content (AvgIpc) is 3.46. The number of piperazine rings is 1. The molecule has 2 saturated heterocycles. The molecule has 0 spiro atoms. The topological polar surface area (TPSA) is 132 Å². The van der Waals surface area contributed by atoms with Gasteiger partial charge in [-0.15, -0.1) is 0 Å². The van der Waals surface area contributed by atoms with Gasteiger partial charge in [-0.25, -0.2) is 0 Å². The number of hydrogen-bond acceptors (Lipinski definition) is 6. The summed E-state index contributed by atoms with van der Waals surface area (Å²) in [5.74, 6) is -1.81. The second-order valence-corrected chi connectivity index (χ2v) is 9.15. The summed E-state index contributed by atoms with van der Waals surface area (Å²) in [4.78, 5) is 57.1. The predicted octanol–water partition coefficient (Wildman–Crippen LogP) is 0.963. The van der Waals surface area contributed by atoms with E-state index >= 15 is 0 Å². The lowest BCUT2D eigenvalue weighted by Crippen LogP contribution is -2.65. The first-order valence-corrected chi connectivity index (χ1v) is 11.7. The summed E-state index contributed by atoms with van der Waals surface area (Å²) < 4.78 is 4.73. The summed E-state index contributed by atoms with van der Waals surface area (Å²) in [6.45, 7) is 0.883. The second-order valence-electron chi connectivity index (χ2n) is 9.15. The zero-order valence-corrected chi connectivity index (χ0v) is 19.0. The fourth-order valence-electron chi connectivity index (χ4n) is 5.77. The van der Waals surface area contributed by atoms with Gasteiger partial charge in [0.1, 0.15) is 18.1 Å². The number of para-hydroxylation sites is 1. The lowest BCUT2D eigenvalue weighted by Gasteiger charge is -2.48. The maximum Gasteiger partial charge on any atom is 0.323 e. The Morgan fingerprint density at radius 1 is 1.24 bits per heavy atom. The number of aromatic amines is 1. The Hall–Kier alpha value is -3.40. The van der Waals surface area contributed by atoms with Crippen LogP contribution in [-0.2, 0) is 30.3 Å². The number of rotatable bonds is 7. The number of amides is 2. The van der Waals surface area contributed by atoms with Crippen LogP contribution in [0.25, 0.3) is 10.9 Å². The van der Waals surface area contributed by atoms with Crippen molar-refractivity contribution in [3.8, 4) is 0 Å². The largest absolute Gasteiger partial charge is 0.481 e. The van der Waals surface area contributed by atoms with Gasteiger partial charge in [0.2, 0.25) is 11.8 Å². The van der Waals surface area contributed by atoms with Crippen molar-refractivity contribution in [2.45, 2.75) is 56.3 Å². The Labute approximate surface area is 196 Å². The number of nitrogens with one attached hydrogen (secondary N) is 2. The van der Waals surface area contributed by atoms with Crippen molar-refractivity contribution in [1.29, 1.82) is 0 Å². The van der Waals surface area contributed by atoms with Gasteiger partial charge >= 0.3 is 11.9 Å². The number of carbonyl (C=O) groups is 4. The van der Waals surface area contributed by atoms with Gasteiger partial charge in [-0.3, -0.25) is 19.2 Å². The Balaban J connectivity index is 1.47. The number of carbonyl (C=O) groups excluding carboxylic acids is 3. The van der Waals surface area contributed by atoms with Crippen LogP contribution in [0.3, 0.4) is 0 Å². The first-order valence-electron chi connectivity index (χ1n) is 11.7. The molecule has 5 rings (SSSR count). The molecular formula is C24H28N4O6. The number of esters is 1. The molecule has 2 amide bonds. The summed E-state index contributed by atoms with van der Waals surface area (Å²) in [6, 6.07) is 5.52. The molecule has 3 aliphatic rings. The van der Waals surface area contributed by atoms with E-state index in [2.05, 4.69) is 10.3 Å². The van der Waals surface area contributed by atoms with Crippen molar-refractivity contribution in [3.05, 3.63) is 35.5 Å². The van der Waals surface area contributed by atoms with E-state index in [-0.39, 0.29) is 18.4 Å². The third-order valence-corrected chi connectivity index (χ3v) is 7.28. The number of benzene rings is 1. The highest BCUT2D eigenvalue weighted by molar-refractivity contribution is 5.99. The molecule has 0 saturated carbocycles. The van der Waals surface area contributed by atoms with Crippen molar-refractivity contribution in [1.82, 2.24) is 20.1 Å². The average molecular weight is 469 g/mol. The minimum absolute atomic E-state index is 0.00527. The van der Waals surface area contributed by atoms with Gasteiger partial charge in [-0.2, -0.15) is 0 Å². The Kier molecular flexibility index (Phi) is 5.76. The molecule has 2 aromatic rings. The van der Waals surface area contributed by atoms with E-state index in [1.54, 1.807) is 9.80 Å².